The molecule has 0 saturated heterocycles. The van der Waals surface area contributed by atoms with E-state index in [0.29, 0.717) is 4.99 Å². The Labute approximate surface area is 100 Å². The molecule has 1 nitrogen and oxygen atoms in total. The second-order valence-corrected chi connectivity index (χ2v) is 3.73. The molecule has 2 aromatic rings. The Hall–Kier alpha value is -1.80. The molecule has 0 heterocycles. The van der Waals surface area contributed by atoms with E-state index in [1.54, 1.807) is 6.21 Å². The minimum Gasteiger partial charge on any atom is -0.244 e. The van der Waals surface area contributed by atoms with E-state index in [-0.39, 0.29) is 0 Å². The van der Waals surface area contributed by atoms with Gasteiger partial charge >= 0.3 is 0 Å². The van der Waals surface area contributed by atoms with E-state index in [4.69, 9.17) is 12.2 Å². The molecular weight excluding hydrogens is 214 g/mol. The van der Waals surface area contributed by atoms with Gasteiger partial charge in [-0.05, 0) is 5.56 Å². The summed E-state index contributed by atoms with van der Waals surface area (Å²) in [4.78, 5) is 4.89. The highest BCUT2D eigenvalue weighted by Gasteiger charge is 1.95. The molecule has 0 fully saturated rings. The third kappa shape index (κ3) is 2.84. The van der Waals surface area contributed by atoms with Gasteiger partial charge in [0.25, 0.3) is 0 Å². The first-order valence-electron chi connectivity index (χ1n) is 5.05. The van der Waals surface area contributed by atoms with Gasteiger partial charge in [-0.1, -0.05) is 72.9 Å². The molecule has 0 saturated carbocycles. The van der Waals surface area contributed by atoms with Crippen LogP contribution in [0.3, 0.4) is 0 Å². The van der Waals surface area contributed by atoms with Crippen molar-refractivity contribution in [3.05, 3.63) is 71.8 Å². The maximum Gasteiger partial charge on any atom is 0.133 e. The Kier molecular flexibility index (Phi) is 3.57. The van der Waals surface area contributed by atoms with Crippen molar-refractivity contribution < 1.29 is 0 Å². The van der Waals surface area contributed by atoms with Crippen LogP contribution >= 0.6 is 12.2 Å². The van der Waals surface area contributed by atoms with Crippen molar-refractivity contribution in [3.8, 4) is 0 Å². The van der Waals surface area contributed by atoms with Crippen LogP contribution in [0.4, 0.5) is 0 Å². The Balaban J connectivity index is 2.12. The molecule has 0 spiro atoms. The highest BCUT2D eigenvalue weighted by Crippen LogP contribution is 2.03. The van der Waals surface area contributed by atoms with Crippen LogP contribution in [0.15, 0.2) is 65.7 Å². The molecular formula is C14H11NS. The molecule has 0 aromatic heterocycles. The first-order chi connectivity index (χ1) is 7.86. The lowest BCUT2D eigenvalue weighted by Crippen LogP contribution is -1.93. The lowest BCUT2D eigenvalue weighted by atomic mass is 10.2. The second-order valence-electron chi connectivity index (χ2n) is 3.34. The van der Waals surface area contributed by atoms with Gasteiger partial charge in [-0.25, -0.2) is 4.99 Å². The molecule has 16 heavy (non-hydrogen) atoms. The average molecular weight is 225 g/mol. The van der Waals surface area contributed by atoms with Gasteiger partial charge < -0.3 is 0 Å². The number of aliphatic imine (C=N–C) groups is 1. The fourth-order valence-corrected chi connectivity index (χ4v) is 1.52. The molecule has 0 radical (unpaired) electrons. The van der Waals surface area contributed by atoms with Gasteiger partial charge in [0.2, 0.25) is 0 Å². The highest BCUT2D eigenvalue weighted by molar-refractivity contribution is 7.80. The minimum absolute atomic E-state index is 0.615. The maximum atomic E-state index is 5.22. The Morgan fingerprint density at radius 1 is 0.875 bits per heavy atom. The van der Waals surface area contributed by atoms with Gasteiger partial charge in [0.05, 0.1) is 0 Å². The van der Waals surface area contributed by atoms with Crippen LogP contribution in [0.2, 0.25) is 0 Å². The summed E-state index contributed by atoms with van der Waals surface area (Å²) < 4.78 is 0. The molecule has 0 bridgehead atoms. The zero-order valence-electron chi connectivity index (χ0n) is 8.71. The van der Waals surface area contributed by atoms with Gasteiger partial charge in [-0.15, -0.1) is 0 Å². The monoisotopic (exact) mass is 225 g/mol. The lowest BCUT2D eigenvalue weighted by molar-refractivity contribution is 1.61. The molecule has 2 rings (SSSR count). The van der Waals surface area contributed by atoms with E-state index < -0.39 is 0 Å². The summed E-state index contributed by atoms with van der Waals surface area (Å²) >= 11 is 5.22. The molecule has 2 heteroatoms. The quantitative estimate of drug-likeness (QED) is 0.563. The summed E-state index contributed by atoms with van der Waals surface area (Å²) in [5, 5.41) is 0. The molecule has 0 aliphatic carbocycles. The van der Waals surface area contributed by atoms with Gasteiger partial charge in [-0.3, -0.25) is 0 Å². The molecule has 78 valence electrons. The van der Waals surface area contributed by atoms with Crippen molar-refractivity contribution in [3.63, 3.8) is 0 Å². The predicted molar refractivity (Wildman–Crippen MR) is 72.2 cm³/mol. The highest BCUT2D eigenvalue weighted by atomic mass is 32.1. The van der Waals surface area contributed by atoms with Crippen molar-refractivity contribution in [1.82, 2.24) is 0 Å². The summed E-state index contributed by atoms with van der Waals surface area (Å²) in [6.45, 7) is 0. The van der Waals surface area contributed by atoms with Crippen LogP contribution in [0.5, 0.6) is 0 Å². The van der Waals surface area contributed by atoms with E-state index in [0.717, 1.165) is 11.1 Å². The van der Waals surface area contributed by atoms with E-state index in [2.05, 4.69) is 4.99 Å². The molecule has 2 aromatic carbocycles. The minimum atomic E-state index is 0.615. The number of rotatable bonds is 2. The molecule has 0 aliphatic heterocycles. The van der Waals surface area contributed by atoms with Crippen LogP contribution < -0.4 is 0 Å². The van der Waals surface area contributed by atoms with Crippen LogP contribution in [0.1, 0.15) is 11.1 Å². The summed E-state index contributed by atoms with van der Waals surface area (Å²) in [5.74, 6) is 0. The Morgan fingerprint density at radius 3 is 2.06 bits per heavy atom. The number of thiocarbonyl (C=S) groups is 1. The van der Waals surface area contributed by atoms with E-state index >= 15 is 0 Å². The van der Waals surface area contributed by atoms with Crippen LogP contribution in [0.25, 0.3) is 0 Å². The van der Waals surface area contributed by atoms with Crippen LogP contribution in [0, 0.1) is 0 Å². The molecule has 0 atom stereocenters. The van der Waals surface area contributed by atoms with Crippen molar-refractivity contribution in [2.45, 2.75) is 0 Å². The molecule has 0 amide bonds. The predicted octanol–water partition coefficient (Wildman–Crippen LogP) is 3.48. The first-order valence-corrected chi connectivity index (χ1v) is 5.45. The van der Waals surface area contributed by atoms with Crippen molar-refractivity contribution in [1.29, 1.82) is 0 Å². The molecule has 0 N–H and O–H groups in total. The van der Waals surface area contributed by atoms with E-state index in [1.807, 2.05) is 60.7 Å². The topological polar surface area (TPSA) is 12.4 Å². The zero-order valence-corrected chi connectivity index (χ0v) is 9.52. The van der Waals surface area contributed by atoms with E-state index in [9.17, 15) is 0 Å². The normalized spacial score (nSPS) is 10.5. The van der Waals surface area contributed by atoms with Gasteiger partial charge in [0, 0.05) is 11.8 Å². The SMILES string of the molecule is S=C(N=Cc1ccccc1)c1ccccc1. The van der Waals surface area contributed by atoms with Crippen molar-refractivity contribution in [2.24, 2.45) is 4.99 Å². The summed E-state index contributed by atoms with van der Waals surface area (Å²) in [6.07, 6.45) is 1.79. The summed E-state index contributed by atoms with van der Waals surface area (Å²) in [7, 11) is 0. The first kappa shape index (κ1) is 10.7. The largest absolute Gasteiger partial charge is 0.244 e. The Morgan fingerprint density at radius 2 is 1.44 bits per heavy atom. The smallest absolute Gasteiger partial charge is 0.133 e. The van der Waals surface area contributed by atoms with Crippen LogP contribution in [-0.2, 0) is 0 Å². The van der Waals surface area contributed by atoms with Crippen LogP contribution in [-0.4, -0.2) is 11.2 Å². The molecule has 0 unspecified atom stereocenters. The fourth-order valence-electron chi connectivity index (χ4n) is 1.33. The lowest BCUT2D eigenvalue weighted by Gasteiger charge is -1.96. The maximum absolute atomic E-state index is 5.22. The zero-order chi connectivity index (χ0) is 11.2. The van der Waals surface area contributed by atoms with Gasteiger partial charge in [0.1, 0.15) is 4.99 Å². The number of nitrogens with zero attached hydrogens (tertiary/aromatic N) is 1. The third-order valence-electron chi connectivity index (χ3n) is 2.15. The van der Waals surface area contributed by atoms with Gasteiger partial charge in [0.15, 0.2) is 0 Å². The second kappa shape index (κ2) is 5.33. The summed E-state index contributed by atoms with van der Waals surface area (Å²) in [5.41, 5.74) is 2.03. The number of hydrogen-bond acceptors (Lipinski definition) is 1. The number of hydrogen-bond donors (Lipinski definition) is 0. The van der Waals surface area contributed by atoms with Crippen molar-refractivity contribution >= 4 is 23.4 Å². The third-order valence-corrected chi connectivity index (χ3v) is 2.49. The summed E-state index contributed by atoms with van der Waals surface area (Å²) in [6, 6.07) is 19.7. The fraction of sp³-hybridized carbons (Fsp3) is 0. The standard InChI is InChI=1S/C14H11NS/c16-14(13-9-5-2-6-10-13)15-11-12-7-3-1-4-8-12/h1-11H. The molecule has 0 aliphatic rings. The van der Waals surface area contributed by atoms with E-state index in [1.165, 1.54) is 0 Å². The Bertz CT molecular complexity index is 489. The number of benzene rings is 2. The van der Waals surface area contributed by atoms with Gasteiger partial charge in [-0.2, -0.15) is 0 Å². The van der Waals surface area contributed by atoms with Crippen molar-refractivity contribution in [2.75, 3.05) is 0 Å². The average Bonchev–Trinajstić information content (AvgIpc) is 2.38.